The minimum absolute atomic E-state index is 1.60. The molecule has 0 spiro atoms. The predicted octanol–water partition coefficient (Wildman–Crippen LogP) is 4.03. The lowest BCUT2D eigenvalue weighted by molar-refractivity contribution is -0.634. The highest BCUT2D eigenvalue weighted by molar-refractivity contribution is 5.73. The van der Waals surface area contributed by atoms with Gasteiger partial charge >= 0.3 is 49.9 Å². The van der Waals surface area contributed by atoms with Crippen LogP contribution in [0.1, 0.15) is 0 Å². The van der Waals surface area contributed by atoms with Crippen LogP contribution in [0.4, 0.5) is 65.9 Å². The zero-order valence-electron chi connectivity index (χ0n) is 13.0. The first-order valence-electron chi connectivity index (χ1n) is 5.96. The SMILES string of the molecule is O=C(O)C(F)(F)OC(F)(F)OC(F)(F)OC(F)(F)OC(F)(F)OC(F)(F)OC(F)(F)F. The molecule has 0 aromatic rings. The van der Waals surface area contributed by atoms with Crippen LogP contribution in [0.2, 0.25) is 0 Å². The summed E-state index contributed by atoms with van der Waals surface area (Å²) in [6, 6.07) is 0. The second-order valence-corrected chi connectivity index (χ2v) is 4.20. The Balaban J connectivity index is 5.25. The second-order valence-electron chi connectivity index (χ2n) is 4.20. The number of hydrogen-bond donors (Lipinski definition) is 1. The van der Waals surface area contributed by atoms with E-state index in [-0.39, 0.29) is 0 Å². The Kier molecular flexibility index (Phi) is 8.10. The van der Waals surface area contributed by atoms with Gasteiger partial charge in [-0.15, -0.1) is 57.1 Å². The number of rotatable bonds is 12. The van der Waals surface area contributed by atoms with E-state index < -0.39 is 49.9 Å². The number of halogens is 15. The van der Waals surface area contributed by atoms with Gasteiger partial charge in [0.25, 0.3) is 0 Å². The van der Waals surface area contributed by atoms with Crippen molar-refractivity contribution >= 4 is 5.97 Å². The van der Waals surface area contributed by atoms with Gasteiger partial charge in [0.1, 0.15) is 0 Å². The van der Waals surface area contributed by atoms with Crippen LogP contribution in [0.3, 0.4) is 0 Å². The minimum Gasteiger partial charge on any atom is -0.475 e. The van der Waals surface area contributed by atoms with Crippen molar-refractivity contribution in [3.8, 4) is 0 Å². The molecule has 0 saturated heterocycles. The third kappa shape index (κ3) is 12.0. The van der Waals surface area contributed by atoms with Crippen LogP contribution in [0, 0.1) is 0 Å². The second kappa shape index (κ2) is 8.61. The zero-order valence-corrected chi connectivity index (χ0v) is 13.0. The number of ether oxygens (including phenoxy) is 6. The van der Waals surface area contributed by atoms with Crippen LogP contribution in [-0.2, 0) is 33.2 Å². The summed E-state index contributed by atoms with van der Waals surface area (Å²) >= 11 is 0. The van der Waals surface area contributed by atoms with Gasteiger partial charge in [0.05, 0.1) is 0 Å². The summed E-state index contributed by atoms with van der Waals surface area (Å²) in [5.74, 6) is -3.55. The predicted molar refractivity (Wildman–Crippen MR) is 49.9 cm³/mol. The first-order chi connectivity index (χ1) is 13.2. The smallest absolute Gasteiger partial charge is 0.475 e. The van der Waals surface area contributed by atoms with Crippen molar-refractivity contribution in [2.45, 2.75) is 43.9 Å². The summed E-state index contributed by atoms with van der Waals surface area (Å²) in [5.41, 5.74) is 0. The molecule has 31 heavy (non-hydrogen) atoms. The fraction of sp³-hybridized carbons (Fsp3) is 0.875. The monoisotopic (exact) mass is 510 g/mol. The molecule has 0 aromatic heterocycles. The first-order valence-corrected chi connectivity index (χ1v) is 5.96. The molecule has 23 heteroatoms. The Labute approximate surface area is 155 Å². The van der Waals surface area contributed by atoms with E-state index in [2.05, 4.69) is 0 Å². The van der Waals surface area contributed by atoms with Crippen LogP contribution in [-0.4, -0.2) is 55.0 Å². The fourth-order valence-electron chi connectivity index (χ4n) is 0.985. The number of carboxylic acids is 1. The third-order valence-electron chi connectivity index (χ3n) is 1.68. The maximum atomic E-state index is 12.8. The average Bonchev–Trinajstić information content (AvgIpc) is 2.25. The molecule has 0 aliphatic carbocycles. The highest BCUT2D eigenvalue weighted by Gasteiger charge is 2.63. The molecule has 0 aliphatic rings. The summed E-state index contributed by atoms with van der Waals surface area (Å²) in [4.78, 5) is 9.79. The van der Waals surface area contributed by atoms with E-state index in [1.165, 1.54) is 0 Å². The van der Waals surface area contributed by atoms with Crippen molar-refractivity contribution in [3.63, 3.8) is 0 Å². The Morgan fingerprint density at radius 1 is 0.452 bits per heavy atom. The normalized spacial score (nSPS) is 15.3. The van der Waals surface area contributed by atoms with Gasteiger partial charge in [-0.3, -0.25) is 0 Å². The van der Waals surface area contributed by atoms with Gasteiger partial charge in [-0.1, -0.05) is 0 Å². The number of aliphatic carboxylic acids is 1. The van der Waals surface area contributed by atoms with E-state index in [4.69, 9.17) is 5.11 Å². The van der Waals surface area contributed by atoms with Crippen molar-refractivity contribution in [2.24, 2.45) is 0 Å². The Morgan fingerprint density at radius 2 is 0.677 bits per heavy atom. The van der Waals surface area contributed by atoms with Crippen LogP contribution in [0.25, 0.3) is 0 Å². The molecule has 8 nitrogen and oxygen atoms in total. The maximum absolute atomic E-state index is 12.8. The molecule has 0 radical (unpaired) electrons. The highest BCUT2D eigenvalue weighted by atomic mass is 19.4. The number of carboxylic acid groups (broad SMARTS) is 1. The van der Waals surface area contributed by atoms with Crippen molar-refractivity contribution in [3.05, 3.63) is 0 Å². The molecule has 0 fully saturated rings. The molecule has 0 saturated carbocycles. The Hall–Kier alpha value is -1.82. The highest BCUT2D eigenvalue weighted by Crippen LogP contribution is 2.41. The van der Waals surface area contributed by atoms with Gasteiger partial charge < -0.3 is 5.11 Å². The summed E-state index contributed by atoms with van der Waals surface area (Å²) in [6.07, 6.45) is -45.6. The molecule has 0 unspecified atom stereocenters. The summed E-state index contributed by atoms with van der Waals surface area (Å²) in [5, 5.41) is 7.72. The lowest BCUT2D eigenvalue weighted by atomic mass is 10.6. The topological polar surface area (TPSA) is 92.7 Å². The molecule has 0 amide bonds. The Morgan fingerprint density at radius 3 is 0.903 bits per heavy atom. The molecular weight excluding hydrogens is 509 g/mol. The van der Waals surface area contributed by atoms with Gasteiger partial charge in [-0.05, 0) is 0 Å². The van der Waals surface area contributed by atoms with E-state index in [9.17, 15) is 70.7 Å². The van der Waals surface area contributed by atoms with Crippen molar-refractivity contribution in [1.29, 1.82) is 0 Å². The molecule has 0 rings (SSSR count). The average molecular weight is 510 g/mol. The van der Waals surface area contributed by atoms with Gasteiger partial charge in [0.2, 0.25) is 0 Å². The third-order valence-corrected chi connectivity index (χ3v) is 1.68. The van der Waals surface area contributed by atoms with E-state index >= 15 is 0 Å². The number of hydrogen-bond acceptors (Lipinski definition) is 7. The maximum Gasteiger partial charge on any atom is 0.529 e. The lowest BCUT2D eigenvalue weighted by Gasteiger charge is -2.28. The van der Waals surface area contributed by atoms with Crippen LogP contribution >= 0.6 is 0 Å². The van der Waals surface area contributed by atoms with Crippen molar-refractivity contribution < 1.29 is 104 Å². The first kappa shape index (κ1) is 29.2. The van der Waals surface area contributed by atoms with E-state index in [1.807, 2.05) is 4.74 Å². The number of carbonyl (C=O) groups is 1. The summed E-state index contributed by atoms with van der Waals surface area (Å²) < 4.78 is 196. The molecule has 0 bridgehead atoms. The standard InChI is InChI=1S/C8HF15O8/c9-2(10,1(24)25)26-4(14,15)28-6(18,19)30-8(22,23)31-7(20,21)29-5(16,17)27-3(11,12)13/h(H,24,25). The molecule has 0 atom stereocenters. The summed E-state index contributed by atoms with van der Waals surface area (Å²) in [7, 11) is 0. The molecular formula is C8HF15O8. The molecule has 186 valence electrons. The molecule has 1 N–H and O–H groups in total. The van der Waals surface area contributed by atoms with E-state index in [1.54, 1.807) is 23.7 Å². The van der Waals surface area contributed by atoms with Gasteiger partial charge in [-0.25, -0.2) is 28.5 Å². The quantitative estimate of drug-likeness (QED) is 0.311. The largest absolute Gasteiger partial charge is 0.529 e. The number of alkyl halides is 15. The van der Waals surface area contributed by atoms with E-state index in [0.29, 0.717) is 0 Å². The Bertz CT molecular complexity index is 631. The molecule has 0 aliphatic heterocycles. The van der Waals surface area contributed by atoms with Gasteiger partial charge in [0.15, 0.2) is 0 Å². The van der Waals surface area contributed by atoms with E-state index in [0.717, 1.165) is 0 Å². The zero-order chi connectivity index (χ0) is 25.3. The fourth-order valence-corrected chi connectivity index (χ4v) is 0.985. The van der Waals surface area contributed by atoms with Crippen LogP contribution in [0.5, 0.6) is 0 Å². The van der Waals surface area contributed by atoms with Gasteiger partial charge in [0, 0.05) is 0 Å². The van der Waals surface area contributed by atoms with Crippen LogP contribution in [0.15, 0.2) is 0 Å². The molecule has 0 heterocycles. The molecule has 0 aromatic carbocycles. The van der Waals surface area contributed by atoms with Crippen molar-refractivity contribution in [2.75, 3.05) is 0 Å². The van der Waals surface area contributed by atoms with Crippen molar-refractivity contribution in [1.82, 2.24) is 0 Å². The minimum atomic E-state index is -6.76. The van der Waals surface area contributed by atoms with Crippen LogP contribution < -0.4 is 0 Å². The van der Waals surface area contributed by atoms with Gasteiger partial charge in [-0.2, -0.15) is 13.5 Å². The lowest BCUT2D eigenvalue weighted by Crippen LogP contribution is -2.49. The summed E-state index contributed by atoms with van der Waals surface area (Å²) in [6.45, 7) is 0.